The molecular formula is C12H20N4O. The molecule has 1 aromatic heterocycles. The number of nitrogens with one attached hydrogen (secondary N) is 1. The van der Waals surface area contributed by atoms with E-state index in [1.54, 1.807) is 6.07 Å². The summed E-state index contributed by atoms with van der Waals surface area (Å²) >= 11 is 0. The van der Waals surface area contributed by atoms with E-state index in [1.807, 2.05) is 0 Å². The number of nitrogens with two attached hydrogens (primary N) is 1. The number of hydrogen-bond acceptors (Lipinski definition) is 5. The third kappa shape index (κ3) is 3.56. The van der Waals surface area contributed by atoms with E-state index in [-0.39, 0.29) is 12.6 Å². The summed E-state index contributed by atoms with van der Waals surface area (Å²) in [5.74, 6) is 2.69. The van der Waals surface area contributed by atoms with E-state index in [0.29, 0.717) is 11.7 Å². The van der Waals surface area contributed by atoms with Gasteiger partial charge in [-0.3, -0.25) is 0 Å². The number of rotatable bonds is 6. The highest BCUT2D eigenvalue weighted by molar-refractivity contribution is 5.45. The molecule has 1 aliphatic rings. The minimum absolute atomic E-state index is 0.227. The van der Waals surface area contributed by atoms with Crippen LogP contribution in [0.2, 0.25) is 0 Å². The number of aliphatic hydroxyl groups is 1. The van der Waals surface area contributed by atoms with Crippen molar-refractivity contribution in [2.24, 2.45) is 0 Å². The molecule has 1 fully saturated rings. The molecule has 0 spiro atoms. The zero-order chi connectivity index (χ0) is 12.3. The molecule has 1 unspecified atom stereocenters. The monoisotopic (exact) mass is 236 g/mol. The van der Waals surface area contributed by atoms with Crippen molar-refractivity contribution in [1.82, 2.24) is 9.97 Å². The molecule has 1 aliphatic carbocycles. The molecule has 1 heterocycles. The fourth-order valence-corrected chi connectivity index (χ4v) is 1.81. The molecule has 1 atom stereocenters. The molecule has 0 aromatic carbocycles. The van der Waals surface area contributed by atoms with Crippen molar-refractivity contribution in [2.45, 2.75) is 44.6 Å². The molecule has 17 heavy (non-hydrogen) atoms. The highest BCUT2D eigenvalue weighted by Gasteiger charge is 2.27. The first-order chi connectivity index (χ1) is 8.19. The van der Waals surface area contributed by atoms with E-state index in [1.165, 1.54) is 12.8 Å². The van der Waals surface area contributed by atoms with Gasteiger partial charge in [-0.1, -0.05) is 0 Å². The maximum atomic E-state index is 8.78. The van der Waals surface area contributed by atoms with Crippen LogP contribution in [0.4, 0.5) is 11.6 Å². The Balaban J connectivity index is 1.99. The van der Waals surface area contributed by atoms with Crippen LogP contribution < -0.4 is 11.1 Å². The molecule has 94 valence electrons. The molecule has 1 saturated carbocycles. The fourth-order valence-electron chi connectivity index (χ4n) is 1.81. The maximum absolute atomic E-state index is 8.78. The summed E-state index contributed by atoms with van der Waals surface area (Å²) in [4.78, 5) is 8.73. The van der Waals surface area contributed by atoms with Gasteiger partial charge in [-0.15, -0.1) is 0 Å². The van der Waals surface area contributed by atoms with E-state index in [4.69, 9.17) is 10.8 Å². The van der Waals surface area contributed by atoms with Crippen LogP contribution in [0.25, 0.3) is 0 Å². The van der Waals surface area contributed by atoms with E-state index < -0.39 is 0 Å². The van der Waals surface area contributed by atoms with Crippen LogP contribution in [0.1, 0.15) is 44.3 Å². The van der Waals surface area contributed by atoms with Crippen LogP contribution in [0.15, 0.2) is 6.07 Å². The van der Waals surface area contributed by atoms with Crippen molar-refractivity contribution in [3.63, 3.8) is 0 Å². The van der Waals surface area contributed by atoms with Gasteiger partial charge in [0.15, 0.2) is 0 Å². The highest BCUT2D eigenvalue weighted by atomic mass is 16.2. The number of hydrogen-bond donors (Lipinski definition) is 3. The Morgan fingerprint density at radius 2 is 2.29 bits per heavy atom. The first-order valence-electron chi connectivity index (χ1n) is 6.21. The number of aliphatic hydroxyl groups excluding tert-OH is 1. The Kier molecular flexibility index (Phi) is 3.78. The second-order valence-corrected chi connectivity index (χ2v) is 4.72. The van der Waals surface area contributed by atoms with Gasteiger partial charge in [0, 0.05) is 24.6 Å². The fraction of sp³-hybridized carbons (Fsp3) is 0.667. The zero-order valence-corrected chi connectivity index (χ0v) is 10.2. The third-order valence-corrected chi connectivity index (χ3v) is 2.90. The molecule has 1 aromatic rings. The zero-order valence-electron chi connectivity index (χ0n) is 10.2. The van der Waals surface area contributed by atoms with Crippen LogP contribution in [-0.4, -0.2) is 27.7 Å². The maximum Gasteiger partial charge on any atom is 0.136 e. The van der Waals surface area contributed by atoms with Crippen LogP contribution >= 0.6 is 0 Å². The molecule has 4 N–H and O–H groups in total. The van der Waals surface area contributed by atoms with Crippen LogP contribution in [0.5, 0.6) is 0 Å². The molecule has 0 radical (unpaired) electrons. The van der Waals surface area contributed by atoms with Crippen molar-refractivity contribution in [3.05, 3.63) is 11.9 Å². The molecule has 5 nitrogen and oxygen atoms in total. The summed E-state index contributed by atoms with van der Waals surface area (Å²) in [7, 11) is 0. The van der Waals surface area contributed by atoms with Gasteiger partial charge in [-0.25, -0.2) is 9.97 Å². The number of aromatic nitrogens is 2. The summed E-state index contributed by atoms with van der Waals surface area (Å²) in [6.07, 6.45) is 4.05. The van der Waals surface area contributed by atoms with E-state index in [2.05, 4.69) is 22.2 Å². The predicted molar refractivity (Wildman–Crippen MR) is 67.8 cm³/mol. The van der Waals surface area contributed by atoms with E-state index >= 15 is 0 Å². The first kappa shape index (κ1) is 12.1. The van der Waals surface area contributed by atoms with Gasteiger partial charge in [0.25, 0.3) is 0 Å². The second kappa shape index (κ2) is 5.31. The normalized spacial score (nSPS) is 16.8. The van der Waals surface area contributed by atoms with Gasteiger partial charge in [0.1, 0.15) is 17.5 Å². The van der Waals surface area contributed by atoms with Crippen LogP contribution in [0.3, 0.4) is 0 Å². The van der Waals surface area contributed by atoms with Gasteiger partial charge in [-0.2, -0.15) is 0 Å². The molecule has 0 saturated heterocycles. The molecule has 0 amide bonds. The average Bonchev–Trinajstić information content (AvgIpc) is 3.09. The summed E-state index contributed by atoms with van der Waals surface area (Å²) in [5, 5.41) is 12.1. The molecule has 5 heteroatoms. The highest BCUT2D eigenvalue weighted by Crippen LogP contribution is 2.38. The number of anilines is 2. The van der Waals surface area contributed by atoms with Crippen molar-refractivity contribution < 1.29 is 5.11 Å². The smallest absolute Gasteiger partial charge is 0.136 e. The minimum Gasteiger partial charge on any atom is -0.396 e. The topological polar surface area (TPSA) is 84.1 Å². The summed E-state index contributed by atoms with van der Waals surface area (Å²) in [6.45, 7) is 2.30. The Morgan fingerprint density at radius 1 is 1.53 bits per heavy atom. The standard InChI is InChI=1S/C12H20N4O/c1-8(3-2-6-17)14-11-7-10(13)15-12(16-11)9-4-5-9/h7-9,17H,2-6H2,1H3,(H3,13,14,15,16). The quantitative estimate of drug-likeness (QED) is 0.697. The Hall–Kier alpha value is -1.36. The van der Waals surface area contributed by atoms with Crippen molar-refractivity contribution >= 4 is 11.6 Å². The van der Waals surface area contributed by atoms with Gasteiger partial charge >= 0.3 is 0 Å². The largest absolute Gasteiger partial charge is 0.396 e. The lowest BCUT2D eigenvalue weighted by Crippen LogP contribution is -2.17. The third-order valence-electron chi connectivity index (χ3n) is 2.90. The van der Waals surface area contributed by atoms with Gasteiger partial charge in [0.05, 0.1) is 0 Å². The van der Waals surface area contributed by atoms with Crippen LogP contribution in [-0.2, 0) is 0 Å². The Morgan fingerprint density at radius 3 is 2.94 bits per heavy atom. The van der Waals surface area contributed by atoms with Crippen molar-refractivity contribution in [2.75, 3.05) is 17.7 Å². The SMILES string of the molecule is CC(CCCO)Nc1cc(N)nc(C2CC2)n1. The summed E-state index contributed by atoms with van der Waals surface area (Å²) in [6, 6.07) is 2.05. The van der Waals surface area contributed by atoms with Gasteiger partial charge in [0.2, 0.25) is 0 Å². The van der Waals surface area contributed by atoms with Crippen molar-refractivity contribution in [3.8, 4) is 0 Å². The molecule has 0 aliphatic heterocycles. The lowest BCUT2D eigenvalue weighted by molar-refractivity contribution is 0.282. The number of nitrogen functional groups attached to an aromatic ring is 1. The van der Waals surface area contributed by atoms with Gasteiger partial charge in [-0.05, 0) is 32.6 Å². The lowest BCUT2D eigenvalue weighted by Gasteiger charge is -2.14. The molecule has 2 rings (SSSR count). The summed E-state index contributed by atoms with van der Waals surface area (Å²) < 4.78 is 0. The van der Waals surface area contributed by atoms with Crippen LogP contribution in [0, 0.1) is 0 Å². The molecule has 0 bridgehead atoms. The Labute approximate surface area is 101 Å². The lowest BCUT2D eigenvalue weighted by atomic mass is 10.2. The minimum atomic E-state index is 0.227. The first-order valence-corrected chi connectivity index (χ1v) is 6.21. The number of nitrogens with zero attached hydrogens (tertiary/aromatic N) is 2. The predicted octanol–water partition coefficient (Wildman–Crippen LogP) is 1.51. The van der Waals surface area contributed by atoms with Crippen molar-refractivity contribution in [1.29, 1.82) is 0 Å². The average molecular weight is 236 g/mol. The second-order valence-electron chi connectivity index (χ2n) is 4.72. The van der Waals surface area contributed by atoms with E-state index in [0.717, 1.165) is 24.5 Å². The van der Waals surface area contributed by atoms with E-state index in [9.17, 15) is 0 Å². The molecular weight excluding hydrogens is 216 g/mol. The van der Waals surface area contributed by atoms with Gasteiger partial charge < -0.3 is 16.2 Å². The Bertz CT molecular complexity index is 379. The summed E-state index contributed by atoms with van der Waals surface area (Å²) in [5.41, 5.74) is 5.77.